The Hall–Kier alpha value is -4.02. The monoisotopic (exact) mass is 529 g/mol. The molecular weight excluding hydrogens is 499 g/mol. The third-order valence-electron chi connectivity index (χ3n) is 5.52. The minimum absolute atomic E-state index is 0.00526. The van der Waals surface area contributed by atoms with E-state index in [9.17, 15) is 22.8 Å². The third kappa shape index (κ3) is 7.99. The molecule has 4 rings (SSSR count). The maximum Gasteiger partial charge on any atom is 0.416 e. The van der Waals surface area contributed by atoms with E-state index >= 15 is 0 Å². The third-order valence-corrected chi connectivity index (χ3v) is 5.52. The van der Waals surface area contributed by atoms with Crippen molar-refractivity contribution in [2.75, 3.05) is 18.5 Å². The summed E-state index contributed by atoms with van der Waals surface area (Å²) in [5, 5.41) is 10.6. The van der Waals surface area contributed by atoms with Gasteiger partial charge in [0.2, 0.25) is 0 Å². The largest absolute Gasteiger partial charge is 0.443 e. The summed E-state index contributed by atoms with van der Waals surface area (Å²) in [6.45, 7) is 5.51. The Bertz CT molecular complexity index is 1230. The molecule has 2 heterocycles. The van der Waals surface area contributed by atoms with Crippen molar-refractivity contribution in [1.82, 2.24) is 20.5 Å². The number of anilines is 1. The van der Waals surface area contributed by atoms with Gasteiger partial charge in [-0.15, -0.1) is 10.2 Å². The van der Waals surface area contributed by atoms with Crippen LogP contribution in [-0.4, -0.2) is 52.5 Å². The number of carbonyl (C=O) groups is 2. The molecule has 1 saturated carbocycles. The number of hydrogen-bond acceptors (Lipinski definition) is 6. The van der Waals surface area contributed by atoms with E-state index in [1.165, 1.54) is 60.7 Å². The van der Waals surface area contributed by atoms with Gasteiger partial charge in [-0.05, 0) is 82.0 Å². The average Bonchev–Trinajstić information content (AvgIpc) is 2.86. The number of alkyl halides is 1. The smallest absolute Gasteiger partial charge is 0.416 e. The van der Waals surface area contributed by atoms with Crippen LogP contribution < -0.4 is 10.2 Å². The highest BCUT2D eigenvalue weighted by Gasteiger charge is 2.34. The molecule has 1 aliphatic carbocycles. The second kappa shape index (κ2) is 12.5. The highest BCUT2D eigenvalue weighted by atomic mass is 19.1. The zero-order valence-corrected chi connectivity index (χ0v) is 21.6. The van der Waals surface area contributed by atoms with Crippen LogP contribution in [0, 0.1) is 17.6 Å². The summed E-state index contributed by atoms with van der Waals surface area (Å²) in [6, 6.07) is 9.91. The lowest BCUT2D eigenvalue weighted by atomic mass is 9.83. The SMILES string of the molecule is CNC(=O)c1ccc(F)c(-c2ccc(N(CC3CC(F)C3)C(=O)OC(C)(C)C)nn2)c1.Fc1cccnc1. The molecule has 0 atom stereocenters. The summed E-state index contributed by atoms with van der Waals surface area (Å²) >= 11 is 0. The zero-order chi connectivity index (χ0) is 27.9. The Balaban J connectivity index is 0.000000494. The van der Waals surface area contributed by atoms with Crippen LogP contribution in [0.5, 0.6) is 0 Å². The van der Waals surface area contributed by atoms with Gasteiger partial charge >= 0.3 is 6.09 Å². The van der Waals surface area contributed by atoms with Gasteiger partial charge in [-0.2, -0.15) is 0 Å². The van der Waals surface area contributed by atoms with Gasteiger partial charge in [-0.3, -0.25) is 14.7 Å². The molecule has 1 fully saturated rings. The van der Waals surface area contributed by atoms with Crippen molar-refractivity contribution in [3.63, 3.8) is 0 Å². The number of ether oxygens (including phenoxy) is 1. The maximum absolute atomic E-state index is 14.3. The Morgan fingerprint density at radius 1 is 1.11 bits per heavy atom. The summed E-state index contributed by atoms with van der Waals surface area (Å²) in [5.41, 5.74) is -0.105. The van der Waals surface area contributed by atoms with Crippen LogP contribution in [-0.2, 0) is 4.74 Å². The minimum Gasteiger partial charge on any atom is -0.443 e. The molecule has 0 unspecified atom stereocenters. The van der Waals surface area contributed by atoms with Crippen molar-refractivity contribution in [2.45, 2.75) is 45.4 Å². The van der Waals surface area contributed by atoms with Crippen molar-refractivity contribution in [3.05, 3.63) is 72.1 Å². The lowest BCUT2D eigenvalue weighted by Gasteiger charge is -2.34. The van der Waals surface area contributed by atoms with E-state index < -0.39 is 23.7 Å². The van der Waals surface area contributed by atoms with Crippen LogP contribution in [0.25, 0.3) is 11.3 Å². The minimum atomic E-state index is -0.852. The average molecular weight is 530 g/mol. The Kier molecular flexibility index (Phi) is 9.38. The molecule has 0 saturated heterocycles. The molecule has 3 aromatic rings. The molecule has 8 nitrogen and oxygen atoms in total. The number of rotatable bonds is 5. The molecular formula is C27H30F3N5O3. The molecule has 0 radical (unpaired) electrons. The lowest BCUT2D eigenvalue weighted by Crippen LogP contribution is -2.43. The van der Waals surface area contributed by atoms with Gasteiger partial charge < -0.3 is 10.1 Å². The second-order valence-electron chi connectivity index (χ2n) is 9.75. The molecule has 2 amide bonds. The topological polar surface area (TPSA) is 97.3 Å². The zero-order valence-electron chi connectivity index (χ0n) is 21.6. The number of nitrogens with one attached hydrogen (secondary N) is 1. The van der Waals surface area contributed by atoms with Crippen molar-refractivity contribution in [3.8, 4) is 11.3 Å². The number of aromatic nitrogens is 3. The van der Waals surface area contributed by atoms with Gasteiger partial charge in [0.05, 0.1) is 11.9 Å². The quantitative estimate of drug-likeness (QED) is 0.479. The van der Waals surface area contributed by atoms with Crippen molar-refractivity contribution < 1.29 is 27.5 Å². The highest BCUT2D eigenvalue weighted by molar-refractivity contribution is 5.95. The lowest BCUT2D eigenvalue weighted by molar-refractivity contribution is 0.0548. The number of nitrogens with zero attached hydrogens (tertiary/aromatic N) is 4. The van der Waals surface area contributed by atoms with E-state index in [0.29, 0.717) is 12.8 Å². The first kappa shape index (κ1) is 28.5. The molecule has 202 valence electrons. The molecule has 1 aromatic carbocycles. The van der Waals surface area contributed by atoms with Crippen LogP contribution in [0.2, 0.25) is 0 Å². The van der Waals surface area contributed by atoms with Gasteiger partial charge in [0.15, 0.2) is 5.82 Å². The number of hydrogen-bond donors (Lipinski definition) is 1. The Labute approximate surface area is 219 Å². The number of benzene rings is 1. The fraction of sp³-hybridized carbons (Fsp3) is 0.370. The van der Waals surface area contributed by atoms with Gasteiger partial charge in [0, 0.05) is 30.9 Å². The molecule has 1 aliphatic rings. The number of amides is 2. The van der Waals surface area contributed by atoms with E-state index in [0.717, 1.165) is 0 Å². The summed E-state index contributed by atoms with van der Waals surface area (Å²) in [6.07, 6.45) is 1.99. The first-order chi connectivity index (χ1) is 18.0. The summed E-state index contributed by atoms with van der Waals surface area (Å²) in [7, 11) is 1.48. The van der Waals surface area contributed by atoms with E-state index in [2.05, 4.69) is 20.5 Å². The van der Waals surface area contributed by atoms with Crippen LogP contribution in [0.3, 0.4) is 0 Å². The van der Waals surface area contributed by atoms with Gasteiger partial charge in [-0.1, -0.05) is 0 Å². The van der Waals surface area contributed by atoms with Gasteiger partial charge in [0.1, 0.15) is 23.4 Å². The highest BCUT2D eigenvalue weighted by Crippen LogP contribution is 2.32. The maximum atomic E-state index is 14.3. The number of halogens is 3. The molecule has 1 N–H and O–H groups in total. The van der Waals surface area contributed by atoms with Crippen LogP contribution in [0.4, 0.5) is 23.8 Å². The van der Waals surface area contributed by atoms with E-state index in [1.54, 1.807) is 26.8 Å². The molecule has 0 spiro atoms. The van der Waals surface area contributed by atoms with Gasteiger partial charge in [0.25, 0.3) is 5.91 Å². The van der Waals surface area contributed by atoms with Crippen molar-refractivity contribution in [2.24, 2.45) is 5.92 Å². The Morgan fingerprint density at radius 3 is 2.34 bits per heavy atom. The standard InChI is InChI=1S/C22H26F2N4O3.C5H4FN/c1-22(2,3)31-21(30)28(12-13-9-15(23)10-13)19-8-7-18(26-27-19)16-11-14(20(29)25-4)5-6-17(16)24;6-5-2-1-3-7-4-5/h5-8,11,13,15H,9-10,12H2,1-4H3,(H,25,29);1-4H. The Morgan fingerprint density at radius 2 is 1.84 bits per heavy atom. The summed E-state index contributed by atoms with van der Waals surface area (Å²) < 4.78 is 44.9. The molecule has 0 bridgehead atoms. The fourth-order valence-electron chi connectivity index (χ4n) is 3.60. The molecule has 11 heteroatoms. The predicted octanol–water partition coefficient (Wildman–Crippen LogP) is 5.35. The summed E-state index contributed by atoms with van der Waals surface area (Å²) in [4.78, 5) is 29.4. The molecule has 2 aromatic heterocycles. The second-order valence-corrected chi connectivity index (χ2v) is 9.75. The van der Waals surface area contributed by atoms with Crippen LogP contribution in [0.15, 0.2) is 54.9 Å². The van der Waals surface area contributed by atoms with Crippen LogP contribution in [0.1, 0.15) is 44.0 Å². The first-order valence-electron chi connectivity index (χ1n) is 12.0. The fourth-order valence-corrected chi connectivity index (χ4v) is 3.60. The number of carbonyl (C=O) groups excluding carboxylic acids is 2. The first-order valence-corrected chi connectivity index (χ1v) is 12.0. The predicted molar refractivity (Wildman–Crippen MR) is 136 cm³/mol. The number of pyridine rings is 1. The van der Waals surface area contributed by atoms with Crippen molar-refractivity contribution in [1.29, 1.82) is 0 Å². The van der Waals surface area contributed by atoms with E-state index in [4.69, 9.17) is 4.74 Å². The van der Waals surface area contributed by atoms with E-state index in [1.807, 2.05) is 0 Å². The van der Waals surface area contributed by atoms with Crippen LogP contribution >= 0.6 is 0 Å². The summed E-state index contributed by atoms with van der Waals surface area (Å²) in [5.74, 6) is -0.966. The molecule has 38 heavy (non-hydrogen) atoms. The molecule has 0 aliphatic heterocycles. The van der Waals surface area contributed by atoms with Crippen molar-refractivity contribution >= 4 is 17.8 Å². The normalized spacial score (nSPS) is 16.4. The van der Waals surface area contributed by atoms with Gasteiger partial charge in [-0.25, -0.2) is 18.0 Å². The van der Waals surface area contributed by atoms with E-state index in [-0.39, 0.29) is 46.8 Å².